The van der Waals surface area contributed by atoms with E-state index in [2.05, 4.69) is 10.4 Å². The fourth-order valence-corrected chi connectivity index (χ4v) is 4.60. The smallest absolute Gasteiger partial charge is 0.305 e. The number of aromatic nitrogens is 2. The highest BCUT2D eigenvalue weighted by atomic mass is 32.1. The standard InChI is InChI=1S/C19H11N3O3S2/c23-17(14-8-11-4-1-2-5-13(11)25-14)21-22-10-20-18-16(19(22)24)12(9-27-18)15-6-3-7-26-15/h1-10H,(H,21,23). The summed E-state index contributed by atoms with van der Waals surface area (Å²) in [5, 5.41) is 5.18. The lowest BCUT2D eigenvalue weighted by molar-refractivity contribution is 0.0982. The zero-order valence-corrected chi connectivity index (χ0v) is 15.3. The zero-order valence-electron chi connectivity index (χ0n) is 13.7. The number of rotatable bonds is 3. The Bertz CT molecular complexity index is 1310. The maximum Gasteiger partial charge on any atom is 0.305 e. The number of thiophene rings is 2. The summed E-state index contributed by atoms with van der Waals surface area (Å²) in [6.07, 6.45) is 1.32. The maximum absolute atomic E-state index is 12.9. The molecule has 0 atom stereocenters. The third kappa shape index (κ3) is 2.66. The first-order chi connectivity index (χ1) is 13.2. The largest absolute Gasteiger partial charge is 0.451 e. The number of hydrogen-bond donors (Lipinski definition) is 1. The molecule has 5 aromatic rings. The van der Waals surface area contributed by atoms with E-state index in [1.54, 1.807) is 23.5 Å². The Morgan fingerprint density at radius 3 is 2.85 bits per heavy atom. The Kier molecular flexibility index (Phi) is 3.66. The molecule has 0 fully saturated rings. The normalized spacial score (nSPS) is 11.3. The van der Waals surface area contributed by atoms with Gasteiger partial charge in [0, 0.05) is 21.2 Å². The van der Waals surface area contributed by atoms with E-state index in [1.165, 1.54) is 17.7 Å². The van der Waals surface area contributed by atoms with Crippen molar-refractivity contribution >= 4 is 49.8 Å². The molecule has 1 N–H and O–H groups in total. The molecule has 0 spiro atoms. The minimum atomic E-state index is -0.512. The van der Waals surface area contributed by atoms with Gasteiger partial charge in [0.05, 0.1) is 5.39 Å². The molecule has 4 aromatic heterocycles. The zero-order chi connectivity index (χ0) is 18.4. The molecule has 0 saturated carbocycles. The summed E-state index contributed by atoms with van der Waals surface area (Å²) in [4.78, 5) is 31.4. The van der Waals surface area contributed by atoms with Crippen LogP contribution in [-0.2, 0) is 0 Å². The molecule has 0 aliphatic heterocycles. The fourth-order valence-electron chi connectivity index (χ4n) is 2.88. The molecule has 8 heteroatoms. The van der Waals surface area contributed by atoms with Crippen LogP contribution in [0.3, 0.4) is 0 Å². The molecule has 0 unspecified atom stereocenters. The molecule has 4 heterocycles. The molecule has 1 aromatic carbocycles. The Morgan fingerprint density at radius 2 is 2.04 bits per heavy atom. The van der Waals surface area contributed by atoms with E-state index >= 15 is 0 Å². The molecule has 0 aliphatic rings. The van der Waals surface area contributed by atoms with E-state index < -0.39 is 5.91 Å². The van der Waals surface area contributed by atoms with Gasteiger partial charge in [-0.15, -0.1) is 22.7 Å². The minimum absolute atomic E-state index is 0.131. The Labute approximate surface area is 160 Å². The number of amides is 1. The van der Waals surface area contributed by atoms with Gasteiger partial charge in [-0.25, -0.2) is 9.66 Å². The number of nitrogens with zero attached hydrogens (tertiary/aromatic N) is 2. The number of benzene rings is 1. The molecular formula is C19H11N3O3S2. The molecule has 5 rings (SSSR count). The number of carbonyl (C=O) groups excluding carboxylic acids is 1. The Balaban J connectivity index is 1.55. The van der Waals surface area contributed by atoms with Gasteiger partial charge in [0.1, 0.15) is 16.7 Å². The summed E-state index contributed by atoms with van der Waals surface area (Å²) in [6.45, 7) is 0. The van der Waals surface area contributed by atoms with Gasteiger partial charge in [0.15, 0.2) is 5.76 Å². The van der Waals surface area contributed by atoms with E-state index in [9.17, 15) is 9.59 Å². The molecule has 6 nitrogen and oxygen atoms in total. The summed E-state index contributed by atoms with van der Waals surface area (Å²) < 4.78 is 6.65. The fraction of sp³-hybridized carbons (Fsp3) is 0. The van der Waals surface area contributed by atoms with E-state index in [1.807, 2.05) is 41.1 Å². The molecule has 1 amide bonds. The van der Waals surface area contributed by atoms with Crippen molar-refractivity contribution in [1.29, 1.82) is 0 Å². The summed E-state index contributed by atoms with van der Waals surface area (Å²) in [7, 11) is 0. The highest BCUT2D eigenvalue weighted by Gasteiger charge is 2.17. The lowest BCUT2D eigenvalue weighted by atomic mass is 10.2. The number of nitrogens with one attached hydrogen (secondary N) is 1. The Hall–Kier alpha value is -3.23. The van der Waals surface area contributed by atoms with Gasteiger partial charge < -0.3 is 4.42 Å². The predicted octanol–water partition coefficient (Wildman–Crippen LogP) is 4.32. The highest BCUT2D eigenvalue weighted by molar-refractivity contribution is 7.18. The molecule has 132 valence electrons. The number of para-hydroxylation sites is 1. The average molecular weight is 393 g/mol. The van der Waals surface area contributed by atoms with E-state index in [4.69, 9.17) is 4.42 Å². The summed E-state index contributed by atoms with van der Waals surface area (Å²) in [5.41, 5.74) is 3.67. The summed E-state index contributed by atoms with van der Waals surface area (Å²) >= 11 is 2.96. The van der Waals surface area contributed by atoms with Crippen LogP contribution in [0.1, 0.15) is 10.6 Å². The number of fused-ring (bicyclic) bond motifs is 2. The third-order valence-corrected chi connectivity index (χ3v) is 5.94. The van der Waals surface area contributed by atoms with Crippen LogP contribution in [0.25, 0.3) is 31.6 Å². The average Bonchev–Trinajstić information content (AvgIpc) is 3.42. The monoisotopic (exact) mass is 393 g/mol. The number of hydrogen-bond acceptors (Lipinski definition) is 6. The molecular weight excluding hydrogens is 382 g/mol. The first kappa shape index (κ1) is 16.0. The molecule has 0 saturated heterocycles. The first-order valence-corrected chi connectivity index (χ1v) is 9.79. The Morgan fingerprint density at radius 1 is 1.15 bits per heavy atom. The van der Waals surface area contributed by atoms with Crippen LogP contribution in [0.4, 0.5) is 0 Å². The van der Waals surface area contributed by atoms with Gasteiger partial charge in [0.25, 0.3) is 5.56 Å². The van der Waals surface area contributed by atoms with Crippen molar-refractivity contribution < 1.29 is 9.21 Å². The van der Waals surface area contributed by atoms with Crippen LogP contribution in [0.15, 0.2) is 68.8 Å². The van der Waals surface area contributed by atoms with Gasteiger partial charge in [-0.2, -0.15) is 0 Å². The SMILES string of the molecule is O=C(Nn1cnc2scc(-c3cccs3)c2c1=O)c1cc2ccccc2o1. The van der Waals surface area contributed by atoms with Crippen molar-refractivity contribution in [3.63, 3.8) is 0 Å². The second-order valence-electron chi connectivity index (χ2n) is 5.82. The first-order valence-electron chi connectivity index (χ1n) is 8.03. The highest BCUT2D eigenvalue weighted by Crippen LogP contribution is 2.33. The predicted molar refractivity (Wildman–Crippen MR) is 107 cm³/mol. The quantitative estimate of drug-likeness (QED) is 0.495. The topological polar surface area (TPSA) is 77.1 Å². The minimum Gasteiger partial charge on any atom is -0.451 e. The van der Waals surface area contributed by atoms with E-state index in [0.29, 0.717) is 15.8 Å². The van der Waals surface area contributed by atoms with Crippen molar-refractivity contribution in [3.8, 4) is 10.4 Å². The molecule has 0 aliphatic carbocycles. The van der Waals surface area contributed by atoms with Crippen molar-refractivity contribution in [1.82, 2.24) is 9.66 Å². The van der Waals surface area contributed by atoms with Crippen LogP contribution >= 0.6 is 22.7 Å². The van der Waals surface area contributed by atoms with Crippen LogP contribution in [-0.4, -0.2) is 15.6 Å². The summed E-state index contributed by atoms with van der Waals surface area (Å²) in [6, 6.07) is 12.9. The van der Waals surface area contributed by atoms with Crippen LogP contribution in [0, 0.1) is 0 Å². The van der Waals surface area contributed by atoms with Crippen LogP contribution in [0.2, 0.25) is 0 Å². The second-order valence-corrected chi connectivity index (χ2v) is 7.62. The second kappa shape index (κ2) is 6.19. The van der Waals surface area contributed by atoms with Crippen molar-refractivity contribution in [3.05, 3.63) is 75.7 Å². The summed E-state index contributed by atoms with van der Waals surface area (Å²) in [5.74, 6) is -0.380. The van der Waals surface area contributed by atoms with E-state index in [0.717, 1.165) is 20.5 Å². The van der Waals surface area contributed by atoms with Crippen LogP contribution < -0.4 is 11.0 Å². The lowest BCUT2D eigenvalue weighted by Crippen LogP contribution is -2.33. The van der Waals surface area contributed by atoms with Crippen LogP contribution in [0.5, 0.6) is 0 Å². The molecule has 0 bridgehead atoms. The van der Waals surface area contributed by atoms with Crippen molar-refractivity contribution in [2.75, 3.05) is 5.43 Å². The third-order valence-electron chi connectivity index (χ3n) is 4.15. The van der Waals surface area contributed by atoms with Crippen molar-refractivity contribution in [2.24, 2.45) is 0 Å². The maximum atomic E-state index is 12.9. The lowest BCUT2D eigenvalue weighted by Gasteiger charge is -2.06. The molecule has 27 heavy (non-hydrogen) atoms. The van der Waals surface area contributed by atoms with Gasteiger partial charge in [-0.1, -0.05) is 24.3 Å². The van der Waals surface area contributed by atoms with Gasteiger partial charge >= 0.3 is 5.91 Å². The van der Waals surface area contributed by atoms with E-state index in [-0.39, 0.29) is 11.3 Å². The van der Waals surface area contributed by atoms with Gasteiger partial charge in [0.2, 0.25) is 0 Å². The number of furan rings is 1. The number of carbonyl (C=O) groups is 1. The van der Waals surface area contributed by atoms with Gasteiger partial charge in [-0.05, 0) is 23.6 Å². The molecule has 0 radical (unpaired) electrons. The van der Waals surface area contributed by atoms with Gasteiger partial charge in [-0.3, -0.25) is 15.0 Å². The van der Waals surface area contributed by atoms with Crippen molar-refractivity contribution in [2.45, 2.75) is 0 Å².